The molecule has 1 saturated heterocycles. The van der Waals surface area contributed by atoms with Crippen LogP contribution in [0.2, 0.25) is 0 Å². The fraction of sp³-hybridized carbons (Fsp3) is 0.235. The molecule has 1 aliphatic heterocycles. The zero-order valence-electron chi connectivity index (χ0n) is 12.1. The van der Waals surface area contributed by atoms with Gasteiger partial charge in [-0.25, -0.2) is 0 Å². The van der Waals surface area contributed by atoms with Crippen molar-refractivity contribution < 1.29 is 14.3 Å². The van der Waals surface area contributed by atoms with Crippen LogP contribution in [0.15, 0.2) is 48.5 Å². The molecule has 3 rings (SSSR count). The molecule has 0 aliphatic carbocycles. The molecular formula is C17H17NO3. The number of ether oxygens (including phenoxy) is 2. The summed E-state index contributed by atoms with van der Waals surface area (Å²) in [6.07, 6.45) is 0.518. The molecule has 1 amide bonds. The van der Waals surface area contributed by atoms with Gasteiger partial charge in [-0.05, 0) is 29.8 Å². The summed E-state index contributed by atoms with van der Waals surface area (Å²) in [4.78, 5) is 13.8. The smallest absolute Gasteiger partial charge is 0.230 e. The van der Waals surface area contributed by atoms with E-state index in [2.05, 4.69) is 0 Å². The Hall–Kier alpha value is -2.49. The SMILES string of the molecule is COc1cccc(C2CC(=O)N2c2cccc(OC)c2)c1. The van der Waals surface area contributed by atoms with Crippen molar-refractivity contribution >= 4 is 11.6 Å². The van der Waals surface area contributed by atoms with Crippen LogP contribution in [0.3, 0.4) is 0 Å². The lowest BCUT2D eigenvalue weighted by Gasteiger charge is -2.41. The van der Waals surface area contributed by atoms with Crippen LogP contribution in [0.1, 0.15) is 18.0 Å². The van der Waals surface area contributed by atoms with Gasteiger partial charge in [-0.15, -0.1) is 0 Å². The van der Waals surface area contributed by atoms with Crippen molar-refractivity contribution in [1.82, 2.24) is 0 Å². The minimum absolute atomic E-state index is 0.0553. The molecule has 0 N–H and O–H groups in total. The van der Waals surface area contributed by atoms with Gasteiger partial charge in [-0.1, -0.05) is 18.2 Å². The van der Waals surface area contributed by atoms with E-state index in [1.165, 1.54) is 0 Å². The zero-order chi connectivity index (χ0) is 14.8. The van der Waals surface area contributed by atoms with Gasteiger partial charge >= 0.3 is 0 Å². The van der Waals surface area contributed by atoms with Crippen LogP contribution in [-0.4, -0.2) is 20.1 Å². The van der Waals surface area contributed by atoms with Crippen LogP contribution < -0.4 is 14.4 Å². The van der Waals surface area contributed by atoms with Crippen LogP contribution in [0.25, 0.3) is 0 Å². The fourth-order valence-corrected chi connectivity index (χ4v) is 2.62. The molecule has 1 unspecified atom stereocenters. The van der Waals surface area contributed by atoms with E-state index in [0.717, 1.165) is 22.7 Å². The summed E-state index contributed by atoms with van der Waals surface area (Å²) in [5.74, 6) is 1.67. The minimum Gasteiger partial charge on any atom is -0.497 e. The molecule has 0 bridgehead atoms. The van der Waals surface area contributed by atoms with Crippen LogP contribution in [0.5, 0.6) is 11.5 Å². The highest BCUT2D eigenvalue weighted by molar-refractivity contribution is 6.01. The van der Waals surface area contributed by atoms with Crippen LogP contribution in [0.4, 0.5) is 5.69 Å². The summed E-state index contributed by atoms with van der Waals surface area (Å²) in [5.41, 5.74) is 1.94. The predicted octanol–water partition coefficient (Wildman–Crippen LogP) is 3.18. The number of rotatable bonds is 4. The summed E-state index contributed by atoms with van der Waals surface area (Å²) in [6.45, 7) is 0. The molecule has 2 aromatic rings. The third-order valence-electron chi connectivity index (χ3n) is 3.76. The van der Waals surface area contributed by atoms with E-state index in [0.29, 0.717) is 6.42 Å². The van der Waals surface area contributed by atoms with Gasteiger partial charge in [0.25, 0.3) is 0 Å². The number of hydrogen-bond donors (Lipinski definition) is 0. The monoisotopic (exact) mass is 283 g/mol. The van der Waals surface area contributed by atoms with Crippen molar-refractivity contribution in [2.75, 3.05) is 19.1 Å². The zero-order valence-corrected chi connectivity index (χ0v) is 12.1. The molecule has 0 aromatic heterocycles. The molecule has 0 radical (unpaired) electrons. The molecular weight excluding hydrogens is 266 g/mol. The van der Waals surface area contributed by atoms with Crippen LogP contribution in [0, 0.1) is 0 Å². The lowest BCUT2D eigenvalue weighted by Crippen LogP contribution is -2.46. The second kappa shape index (κ2) is 5.48. The Kier molecular flexibility index (Phi) is 3.52. The Bertz CT molecular complexity index is 669. The van der Waals surface area contributed by atoms with Gasteiger partial charge in [-0.3, -0.25) is 4.79 Å². The Morgan fingerprint density at radius 1 is 1.00 bits per heavy atom. The standard InChI is InChI=1S/C17H17NO3/c1-20-14-7-3-5-12(9-14)16-11-17(19)18(16)13-6-4-8-15(10-13)21-2/h3-10,16H,11H2,1-2H3. The summed E-state index contributed by atoms with van der Waals surface area (Å²) < 4.78 is 10.5. The van der Waals surface area contributed by atoms with Gasteiger partial charge in [0.2, 0.25) is 5.91 Å². The van der Waals surface area contributed by atoms with Crippen molar-refractivity contribution in [2.45, 2.75) is 12.5 Å². The Morgan fingerprint density at radius 3 is 2.33 bits per heavy atom. The first-order valence-electron chi connectivity index (χ1n) is 6.83. The highest BCUT2D eigenvalue weighted by atomic mass is 16.5. The number of nitrogens with zero attached hydrogens (tertiary/aromatic N) is 1. The number of hydrogen-bond acceptors (Lipinski definition) is 3. The first-order chi connectivity index (χ1) is 10.2. The number of methoxy groups -OCH3 is 2. The molecule has 2 aromatic carbocycles. The molecule has 4 heteroatoms. The number of carbonyl (C=O) groups excluding carboxylic acids is 1. The number of anilines is 1. The summed E-state index contributed by atoms with van der Waals surface area (Å²) >= 11 is 0. The molecule has 0 saturated carbocycles. The van der Waals surface area contributed by atoms with Crippen molar-refractivity contribution in [3.05, 3.63) is 54.1 Å². The molecule has 1 fully saturated rings. The molecule has 1 atom stereocenters. The third-order valence-corrected chi connectivity index (χ3v) is 3.76. The van der Waals surface area contributed by atoms with E-state index in [1.54, 1.807) is 19.1 Å². The summed E-state index contributed by atoms with van der Waals surface area (Å²) in [7, 11) is 3.27. The molecule has 1 aliphatic rings. The highest BCUT2D eigenvalue weighted by Gasteiger charge is 2.38. The Morgan fingerprint density at radius 2 is 1.67 bits per heavy atom. The third kappa shape index (κ3) is 2.44. The van der Waals surface area contributed by atoms with E-state index in [1.807, 2.05) is 48.5 Å². The number of β-lactam (4-membered cyclic amide) rings is 1. The topological polar surface area (TPSA) is 38.8 Å². The van der Waals surface area contributed by atoms with Crippen molar-refractivity contribution in [2.24, 2.45) is 0 Å². The normalized spacial score (nSPS) is 17.3. The van der Waals surface area contributed by atoms with Gasteiger partial charge in [0.05, 0.1) is 26.7 Å². The van der Waals surface area contributed by atoms with Crippen molar-refractivity contribution in [1.29, 1.82) is 0 Å². The van der Waals surface area contributed by atoms with Gasteiger partial charge < -0.3 is 14.4 Å². The maximum atomic E-state index is 12.0. The van der Waals surface area contributed by atoms with Crippen molar-refractivity contribution in [3.8, 4) is 11.5 Å². The van der Waals surface area contributed by atoms with Crippen LogP contribution in [-0.2, 0) is 4.79 Å². The van der Waals surface area contributed by atoms with E-state index in [-0.39, 0.29) is 11.9 Å². The molecule has 21 heavy (non-hydrogen) atoms. The second-order valence-corrected chi connectivity index (χ2v) is 4.96. The summed E-state index contributed by atoms with van der Waals surface area (Å²) in [6, 6.07) is 15.5. The Labute approximate surface area is 123 Å². The molecule has 4 nitrogen and oxygen atoms in total. The van der Waals surface area contributed by atoms with E-state index in [4.69, 9.17) is 9.47 Å². The highest BCUT2D eigenvalue weighted by Crippen LogP contribution is 2.40. The van der Waals surface area contributed by atoms with Gasteiger partial charge in [-0.2, -0.15) is 0 Å². The van der Waals surface area contributed by atoms with Crippen LogP contribution >= 0.6 is 0 Å². The molecule has 0 spiro atoms. The van der Waals surface area contributed by atoms with Gasteiger partial charge in [0.1, 0.15) is 11.5 Å². The first-order valence-corrected chi connectivity index (χ1v) is 6.83. The average molecular weight is 283 g/mol. The second-order valence-electron chi connectivity index (χ2n) is 4.96. The lowest BCUT2D eigenvalue weighted by atomic mass is 9.93. The largest absolute Gasteiger partial charge is 0.497 e. The molecule has 1 heterocycles. The summed E-state index contributed by atoms with van der Waals surface area (Å²) in [5, 5.41) is 0. The lowest BCUT2D eigenvalue weighted by molar-refractivity contribution is -0.124. The number of carbonyl (C=O) groups is 1. The van der Waals surface area contributed by atoms with Crippen molar-refractivity contribution in [3.63, 3.8) is 0 Å². The van der Waals surface area contributed by atoms with Gasteiger partial charge in [0, 0.05) is 11.8 Å². The minimum atomic E-state index is 0.0553. The maximum absolute atomic E-state index is 12.0. The quantitative estimate of drug-likeness (QED) is 0.809. The number of amides is 1. The fourth-order valence-electron chi connectivity index (χ4n) is 2.62. The number of benzene rings is 2. The predicted molar refractivity (Wildman–Crippen MR) is 80.8 cm³/mol. The van der Waals surface area contributed by atoms with Gasteiger partial charge in [0.15, 0.2) is 0 Å². The maximum Gasteiger partial charge on any atom is 0.230 e. The Balaban J connectivity index is 1.91. The molecule has 108 valence electrons. The van der Waals surface area contributed by atoms with E-state index in [9.17, 15) is 4.79 Å². The van der Waals surface area contributed by atoms with E-state index < -0.39 is 0 Å². The van der Waals surface area contributed by atoms with E-state index >= 15 is 0 Å². The average Bonchev–Trinajstić information content (AvgIpc) is 2.52. The first kappa shape index (κ1) is 13.5.